The average Bonchev–Trinajstić information content (AvgIpc) is 3.12. The van der Waals surface area contributed by atoms with Gasteiger partial charge >= 0.3 is 19.8 Å². The van der Waals surface area contributed by atoms with Gasteiger partial charge < -0.3 is 24.6 Å². The van der Waals surface area contributed by atoms with Gasteiger partial charge in [0.25, 0.3) is 0 Å². The average molecular weight is 745 g/mol. The van der Waals surface area contributed by atoms with Crippen molar-refractivity contribution in [3.63, 3.8) is 0 Å². The van der Waals surface area contributed by atoms with Gasteiger partial charge in [-0.15, -0.1) is 0 Å². The maximum Gasteiger partial charge on any atom is 0.472 e. The van der Waals surface area contributed by atoms with E-state index in [0.29, 0.717) is 12.8 Å². The van der Waals surface area contributed by atoms with E-state index < -0.39 is 51.8 Å². The van der Waals surface area contributed by atoms with Gasteiger partial charge in [-0.2, -0.15) is 0 Å². The number of hydrogen-bond donors (Lipinski definition) is 3. The molecule has 0 aromatic carbocycles. The number of allylic oxidation sites excluding steroid dienone is 6. The minimum absolute atomic E-state index is 0.165. The van der Waals surface area contributed by atoms with E-state index in [0.717, 1.165) is 57.8 Å². The minimum Gasteiger partial charge on any atom is -0.462 e. The molecule has 0 saturated carbocycles. The molecule has 0 heterocycles. The van der Waals surface area contributed by atoms with Crippen molar-refractivity contribution in [2.75, 3.05) is 26.4 Å². The van der Waals surface area contributed by atoms with Crippen molar-refractivity contribution in [2.24, 2.45) is 0 Å². The minimum atomic E-state index is -4.62. The zero-order valence-corrected chi connectivity index (χ0v) is 33.0. The number of carbonyl (C=O) groups excluding carboxylic acids is 2. The number of ether oxygens (including phenoxy) is 2. The maximum atomic E-state index is 12.5. The van der Waals surface area contributed by atoms with Crippen molar-refractivity contribution in [3.8, 4) is 0 Å². The zero-order chi connectivity index (χ0) is 37.7. The molecule has 0 radical (unpaired) electrons. The van der Waals surface area contributed by atoms with E-state index in [9.17, 15) is 24.2 Å². The first-order valence-corrected chi connectivity index (χ1v) is 21.4. The molecule has 51 heavy (non-hydrogen) atoms. The summed E-state index contributed by atoms with van der Waals surface area (Å²) in [5.41, 5.74) is 0. The molecule has 0 aromatic heterocycles. The summed E-state index contributed by atoms with van der Waals surface area (Å²) >= 11 is 0. The molecule has 0 aliphatic rings. The van der Waals surface area contributed by atoms with Gasteiger partial charge in [0.2, 0.25) is 0 Å². The van der Waals surface area contributed by atoms with Crippen LogP contribution in [-0.4, -0.2) is 65.7 Å². The summed E-state index contributed by atoms with van der Waals surface area (Å²) in [6.07, 6.45) is 35.6. The quantitative estimate of drug-likeness (QED) is 0.0243. The molecule has 11 heteroatoms. The van der Waals surface area contributed by atoms with E-state index in [2.05, 4.69) is 48.8 Å². The molecule has 0 fully saturated rings. The van der Waals surface area contributed by atoms with Crippen LogP contribution in [0.2, 0.25) is 0 Å². The van der Waals surface area contributed by atoms with Crippen LogP contribution >= 0.6 is 7.82 Å². The summed E-state index contributed by atoms with van der Waals surface area (Å²) in [7, 11) is -4.62. The monoisotopic (exact) mass is 744 g/mol. The molecule has 0 rings (SSSR count). The fourth-order valence-corrected chi connectivity index (χ4v) is 5.92. The molecule has 0 aliphatic heterocycles. The summed E-state index contributed by atoms with van der Waals surface area (Å²) in [4.78, 5) is 34.8. The molecule has 298 valence electrons. The Hall–Kier alpha value is -1.81. The van der Waals surface area contributed by atoms with Crippen molar-refractivity contribution in [2.45, 2.75) is 180 Å². The van der Waals surface area contributed by atoms with Crippen molar-refractivity contribution in [1.29, 1.82) is 0 Å². The fourth-order valence-electron chi connectivity index (χ4n) is 5.13. The molecule has 1 unspecified atom stereocenters. The number of aliphatic hydroxyl groups is 2. The SMILES string of the molecule is CCCC/C=C/CCCCCCCC(=O)O[C@@H](COC(=O)CCC/C=C/C/C=C/CCCCCCCCCCC)COP(=O)(O)OC[C@H](O)CO. The molecule has 0 saturated heterocycles. The summed E-state index contributed by atoms with van der Waals surface area (Å²) in [6.45, 7) is 2.27. The Bertz CT molecular complexity index is 952. The lowest BCUT2D eigenvalue weighted by Gasteiger charge is -2.20. The molecule has 0 bridgehead atoms. The fraction of sp³-hybridized carbons (Fsp3) is 0.800. The third-order valence-electron chi connectivity index (χ3n) is 8.27. The molecular formula is C40H73O10P. The van der Waals surface area contributed by atoms with Crippen molar-refractivity contribution >= 4 is 19.8 Å². The van der Waals surface area contributed by atoms with Crippen LogP contribution in [0.25, 0.3) is 0 Å². The topological polar surface area (TPSA) is 149 Å². The van der Waals surface area contributed by atoms with Crippen LogP contribution in [0.1, 0.15) is 168 Å². The van der Waals surface area contributed by atoms with Crippen molar-refractivity contribution < 1.29 is 47.8 Å². The van der Waals surface area contributed by atoms with E-state index in [1.54, 1.807) is 0 Å². The Balaban J connectivity index is 4.39. The molecule has 0 aliphatic carbocycles. The zero-order valence-electron chi connectivity index (χ0n) is 32.1. The predicted octanol–water partition coefficient (Wildman–Crippen LogP) is 10.00. The molecule has 10 nitrogen and oxygen atoms in total. The Morgan fingerprint density at radius 2 is 1.06 bits per heavy atom. The molecule has 0 spiro atoms. The third-order valence-corrected chi connectivity index (χ3v) is 9.22. The maximum absolute atomic E-state index is 12.5. The van der Waals surface area contributed by atoms with Crippen LogP contribution in [0.4, 0.5) is 0 Å². The lowest BCUT2D eigenvalue weighted by molar-refractivity contribution is -0.161. The highest BCUT2D eigenvalue weighted by Gasteiger charge is 2.27. The van der Waals surface area contributed by atoms with Crippen LogP contribution < -0.4 is 0 Å². The number of unbranched alkanes of at least 4 members (excludes halogenated alkanes) is 17. The predicted molar refractivity (Wildman–Crippen MR) is 205 cm³/mol. The van der Waals surface area contributed by atoms with Crippen molar-refractivity contribution in [3.05, 3.63) is 36.5 Å². The number of carbonyl (C=O) groups is 2. The lowest BCUT2D eigenvalue weighted by Crippen LogP contribution is -2.29. The van der Waals surface area contributed by atoms with E-state index in [4.69, 9.17) is 19.1 Å². The summed E-state index contributed by atoms with van der Waals surface area (Å²) in [6, 6.07) is 0. The molecule has 3 N–H and O–H groups in total. The van der Waals surface area contributed by atoms with Gasteiger partial charge in [0.1, 0.15) is 12.7 Å². The second kappa shape index (κ2) is 36.5. The van der Waals surface area contributed by atoms with Gasteiger partial charge in [-0.1, -0.05) is 134 Å². The van der Waals surface area contributed by atoms with E-state index in [1.165, 1.54) is 70.6 Å². The normalized spacial score (nSPS) is 14.4. The van der Waals surface area contributed by atoms with Gasteiger partial charge in [0, 0.05) is 12.8 Å². The Morgan fingerprint density at radius 3 is 1.65 bits per heavy atom. The van der Waals surface area contributed by atoms with Gasteiger partial charge in [-0.3, -0.25) is 18.6 Å². The Morgan fingerprint density at radius 1 is 0.588 bits per heavy atom. The van der Waals surface area contributed by atoms with Crippen LogP contribution in [0.5, 0.6) is 0 Å². The number of esters is 2. The number of phosphoric acid groups is 1. The van der Waals surface area contributed by atoms with Gasteiger partial charge in [0.15, 0.2) is 6.10 Å². The summed E-state index contributed by atoms with van der Waals surface area (Å²) in [5.74, 6) is -0.990. The smallest absolute Gasteiger partial charge is 0.462 e. The second-order valence-electron chi connectivity index (χ2n) is 13.3. The van der Waals surface area contributed by atoms with Crippen LogP contribution in [0.15, 0.2) is 36.5 Å². The first-order chi connectivity index (χ1) is 24.7. The summed E-state index contributed by atoms with van der Waals surface area (Å²) in [5, 5.41) is 18.3. The standard InChI is InChI=1S/C40H73O10P/c1-3-5-7-9-11-13-15-16-17-18-19-20-22-23-25-27-29-31-39(43)47-35-38(36-49-51(45,46)48-34-37(42)33-41)50-40(44)32-30-28-26-24-21-14-12-10-8-6-4-2/h10,12,19-20,23,25,37-38,41-42H,3-9,11,13-18,21-22,24,26-36H2,1-2H3,(H,45,46)/b12-10+,20-19+,25-23+/t37-,38+/m1/s1. The molecule has 0 aromatic rings. The lowest BCUT2D eigenvalue weighted by atomic mass is 10.1. The molecular weight excluding hydrogens is 671 g/mol. The van der Waals surface area contributed by atoms with Crippen LogP contribution in [-0.2, 0) is 32.7 Å². The molecule has 3 atom stereocenters. The number of aliphatic hydroxyl groups excluding tert-OH is 2. The highest BCUT2D eigenvalue weighted by atomic mass is 31.2. The van der Waals surface area contributed by atoms with E-state index in [-0.39, 0.29) is 19.4 Å². The van der Waals surface area contributed by atoms with Gasteiger partial charge in [-0.25, -0.2) is 4.57 Å². The van der Waals surface area contributed by atoms with Crippen LogP contribution in [0.3, 0.4) is 0 Å². The number of hydrogen-bond acceptors (Lipinski definition) is 9. The van der Waals surface area contributed by atoms with E-state index >= 15 is 0 Å². The van der Waals surface area contributed by atoms with Crippen molar-refractivity contribution in [1.82, 2.24) is 0 Å². The first kappa shape index (κ1) is 49.2. The number of rotatable bonds is 37. The first-order valence-electron chi connectivity index (χ1n) is 19.9. The highest BCUT2D eigenvalue weighted by molar-refractivity contribution is 7.47. The highest BCUT2D eigenvalue weighted by Crippen LogP contribution is 2.43. The van der Waals surface area contributed by atoms with Gasteiger partial charge in [-0.05, 0) is 57.8 Å². The Labute approximate surface area is 310 Å². The van der Waals surface area contributed by atoms with Crippen LogP contribution in [0, 0.1) is 0 Å². The van der Waals surface area contributed by atoms with Gasteiger partial charge in [0.05, 0.1) is 19.8 Å². The second-order valence-corrected chi connectivity index (χ2v) is 14.8. The van der Waals surface area contributed by atoms with E-state index in [1.807, 2.05) is 6.08 Å². The summed E-state index contributed by atoms with van der Waals surface area (Å²) < 4.78 is 32.5. The molecule has 0 amide bonds. The third kappa shape index (κ3) is 36.3. The Kier molecular flexibility index (Phi) is 35.2. The number of phosphoric ester groups is 1. The largest absolute Gasteiger partial charge is 0.472 e.